The summed E-state index contributed by atoms with van der Waals surface area (Å²) in [5.41, 5.74) is 1.44. The van der Waals surface area contributed by atoms with Crippen LogP contribution in [-0.4, -0.2) is 40.0 Å². The second kappa shape index (κ2) is 6.14. The van der Waals surface area contributed by atoms with Gasteiger partial charge in [0.2, 0.25) is 0 Å². The van der Waals surface area contributed by atoms with Crippen molar-refractivity contribution in [3.8, 4) is 10.4 Å². The number of H-pyrrole nitrogens is 1. The van der Waals surface area contributed by atoms with E-state index in [9.17, 15) is 9.59 Å². The van der Waals surface area contributed by atoms with E-state index in [1.165, 1.54) is 11.3 Å². The first-order valence-corrected chi connectivity index (χ1v) is 8.20. The normalized spacial score (nSPS) is 16.0. The molecule has 3 rings (SSSR count). The van der Waals surface area contributed by atoms with Gasteiger partial charge in [0, 0.05) is 35.9 Å². The fourth-order valence-corrected chi connectivity index (χ4v) is 3.78. The summed E-state index contributed by atoms with van der Waals surface area (Å²) in [6.45, 7) is 0.956. The Morgan fingerprint density at radius 3 is 2.59 bits per heavy atom. The van der Waals surface area contributed by atoms with Crippen LogP contribution in [0, 0.1) is 5.92 Å². The topological polar surface area (TPSA) is 73.4 Å². The highest BCUT2D eigenvalue weighted by molar-refractivity contribution is 7.19. The summed E-state index contributed by atoms with van der Waals surface area (Å²) < 4.78 is 0.678. The second-order valence-corrected chi connectivity index (χ2v) is 7.01. The fraction of sp³-hybridized carbons (Fsp3) is 0.333. The standard InChI is InChI=1S/C15H15ClN2O3S/c16-13-2-1-12(22-13)10-7-17-8-11(10)14(19)18-5-3-9(4-6-18)15(20)21/h1-2,7-9,17H,3-6H2,(H,20,21). The molecule has 7 heteroatoms. The third-order valence-corrected chi connectivity index (χ3v) is 5.21. The lowest BCUT2D eigenvalue weighted by atomic mass is 9.96. The highest BCUT2D eigenvalue weighted by Gasteiger charge is 2.28. The zero-order valence-corrected chi connectivity index (χ0v) is 13.3. The van der Waals surface area contributed by atoms with Gasteiger partial charge in [0.05, 0.1) is 15.8 Å². The molecule has 0 aliphatic carbocycles. The Hall–Kier alpha value is -1.79. The number of rotatable bonds is 3. The van der Waals surface area contributed by atoms with E-state index in [2.05, 4.69) is 4.98 Å². The summed E-state index contributed by atoms with van der Waals surface area (Å²) in [5.74, 6) is -1.18. The molecule has 5 nitrogen and oxygen atoms in total. The Balaban J connectivity index is 1.77. The van der Waals surface area contributed by atoms with Crippen molar-refractivity contribution in [2.45, 2.75) is 12.8 Å². The van der Waals surface area contributed by atoms with Crippen LogP contribution in [0.5, 0.6) is 0 Å². The molecule has 2 N–H and O–H groups in total. The molecule has 0 spiro atoms. The molecule has 0 unspecified atom stereocenters. The SMILES string of the molecule is O=C(O)C1CCN(C(=O)c2c[nH]cc2-c2ccc(Cl)s2)CC1. The largest absolute Gasteiger partial charge is 0.481 e. The number of likely N-dealkylation sites (tertiary alicyclic amines) is 1. The lowest BCUT2D eigenvalue weighted by molar-refractivity contribution is -0.143. The van der Waals surface area contributed by atoms with Gasteiger partial charge in [0.25, 0.3) is 5.91 Å². The summed E-state index contributed by atoms with van der Waals surface area (Å²) in [6, 6.07) is 3.70. The molecule has 22 heavy (non-hydrogen) atoms. The predicted molar refractivity (Wildman–Crippen MR) is 85.4 cm³/mol. The van der Waals surface area contributed by atoms with E-state index >= 15 is 0 Å². The van der Waals surface area contributed by atoms with Gasteiger partial charge in [-0.25, -0.2) is 0 Å². The number of carbonyl (C=O) groups excluding carboxylic acids is 1. The molecule has 116 valence electrons. The van der Waals surface area contributed by atoms with Crippen molar-refractivity contribution < 1.29 is 14.7 Å². The minimum atomic E-state index is -0.775. The van der Waals surface area contributed by atoms with Crippen molar-refractivity contribution in [1.29, 1.82) is 0 Å². The maximum atomic E-state index is 12.7. The molecular formula is C15H15ClN2O3S. The Labute approximate surface area is 136 Å². The molecule has 0 atom stereocenters. The maximum Gasteiger partial charge on any atom is 0.306 e. The van der Waals surface area contributed by atoms with Crippen molar-refractivity contribution in [3.63, 3.8) is 0 Å². The predicted octanol–water partition coefficient (Wildman–Crippen LogP) is 3.33. The number of nitrogens with zero attached hydrogens (tertiary/aromatic N) is 1. The summed E-state index contributed by atoms with van der Waals surface area (Å²) >= 11 is 7.39. The third-order valence-electron chi connectivity index (χ3n) is 3.95. The molecule has 3 heterocycles. The van der Waals surface area contributed by atoms with E-state index in [0.29, 0.717) is 35.8 Å². The molecule has 1 saturated heterocycles. The van der Waals surface area contributed by atoms with E-state index in [1.54, 1.807) is 23.4 Å². The number of piperidine rings is 1. The van der Waals surface area contributed by atoms with Gasteiger partial charge < -0.3 is 15.0 Å². The number of aromatic nitrogens is 1. The van der Waals surface area contributed by atoms with Crippen LogP contribution in [0.1, 0.15) is 23.2 Å². The van der Waals surface area contributed by atoms with Crippen LogP contribution in [0.2, 0.25) is 4.34 Å². The summed E-state index contributed by atoms with van der Waals surface area (Å²) in [6.07, 6.45) is 4.49. The van der Waals surface area contributed by atoms with Crippen LogP contribution in [0.25, 0.3) is 10.4 Å². The van der Waals surface area contributed by atoms with Crippen LogP contribution in [0.3, 0.4) is 0 Å². The lowest BCUT2D eigenvalue weighted by Crippen LogP contribution is -2.40. The van der Waals surface area contributed by atoms with Crippen molar-refractivity contribution in [1.82, 2.24) is 9.88 Å². The van der Waals surface area contributed by atoms with Crippen LogP contribution in [0.15, 0.2) is 24.5 Å². The highest BCUT2D eigenvalue weighted by atomic mass is 35.5. The minimum absolute atomic E-state index is 0.0652. The van der Waals surface area contributed by atoms with Crippen molar-refractivity contribution >= 4 is 34.8 Å². The first-order chi connectivity index (χ1) is 10.6. The van der Waals surface area contributed by atoms with Gasteiger partial charge >= 0.3 is 5.97 Å². The first-order valence-electron chi connectivity index (χ1n) is 7.01. The number of hydrogen-bond acceptors (Lipinski definition) is 3. The van der Waals surface area contributed by atoms with Crippen LogP contribution >= 0.6 is 22.9 Å². The molecular weight excluding hydrogens is 324 g/mol. The fourth-order valence-electron chi connectivity index (χ4n) is 2.70. The van der Waals surface area contributed by atoms with Gasteiger partial charge in [-0.1, -0.05) is 11.6 Å². The van der Waals surface area contributed by atoms with Gasteiger partial charge in [-0.3, -0.25) is 9.59 Å². The van der Waals surface area contributed by atoms with Crippen molar-refractivity contribution in [2.75, 3.05) is 13.1 Å². The number of nitrogens with one attached hydrogen (secondary N) is 1. The number of hydrogen-bond donors (Lipinski definition) is 2. The van der Waals surface area contributed by atoms with Crippen molar-refractivity contribution in [3.05, 3.63) is 34.4 Å². The Morgan fingerprint density at radius 2 is 2.00 bits per heavy atom. The van der Waals surface area contributed by atoms with E-state index < -0.39 is 5.97 Å². The van der Waals surface area contributed by atoms with E-state index in [4.69, 9.17) is 16.7 Å². The number of carboxylic acids is 1. The zero-order chi connectivity index (χ0) is 15.7. The first kappa shape index (κ1) is 15.1. The lowest BCUT2D eigenvalue weighted by Gasteiger charge is -2.30. The molecule has 1 fully saturated rings. The van der Waals surface area contributed by atoms with Crippen LogP contribution < -0.4 is 0 Å². The van der Waals surface area contributed by atoms with Gasteiger partial charge in [-0.15, -0.1) is 11.3 Å². The highest BCUT2D eigenvalue weighted by Crippen LogP contribution is 2.34. The molecule has 0 saturated carbocycles. The van der Waals surface area contributed by atoms with Gasteiger partial charge in [0.15, 0.2) is 0 Å². The second-order valence-electron chi connectivity index (χ2n) is 5.29. The number of aliphatic carboxylic acids is 1. The average Bonchev–Trinajstić information content (AvgIpc) is 3.15. The van der Waals surface area contributed by atoms with E-state index in [0.717, 1.165) is 10.4 Å². The molecule has 0 bridgehead atoms. The van der Waals surface area contributed by atoms with Crippen molar-refractivity contribution in [2.24, 2.45) is 5.92 Å². The average molecular weight is 339 g/mol. The zero-order valence-electron chi connectivity index (χ0n) is 11.7. The number of halogens is 1. The smallest absolute Gasteiger partial charge is 0.306 e. The number of aromatic amines is 1. The summed E-state index contributed by atoms with van der Waals surface area (Å²) in [7, 11) is 0. The molecule has 1 aliphatic rings. The van der Waals surface area contributed by atoms with Crippen LogP contribution in [-0.2, 0) is 4.79 Å². The Morgan fingerprint density at radius 1 is 1.27 bits per heavy atom. The monoisotopic (exact) mass is 338 g/mol. The number of carbonyl (C=O) groups is 2. The molecule has 0 aromatic carbocycles. The molecule has 1 aliphatic heterocycles. The Bertz CT molecular complexity index is 701. The minimum Gasteiger partial charge on any atom is -0.481 e. The van der Waals surface area contributed by atoms with Crippen LogP contribution in [0.4, 0.5) is 0 Å². The van der Waals surface area contributed by atoms with Gasteiger partial charge in [-0.2, -0.15) is 0 Å². The quantitative estimate of drug-likeness (QED) is 0.901. The molecule has 0 radical (unpaired) electrons. The van der Waals surface area contributed by atoms with Gasteiger partial charge in [-0.05, 0) is 25.0 Å². The maximum absolute atomic E-state index is 12.7. The molecule has 2 aromatic heterocycles. The molecule has 1 amide bonds. The number of carboxylic acid groups (broad SMARTS) is 1. The number of thiophene rings is 1. The molecule has 2 aromatic rings. The van der Waals surface area contributed by atoms with E-state index in [-0.39, 0.29) is 11.8 Å². The third kappa shape index (κ3) is 2.89. The Kier molecular flexibility index (Phi) is 4.22. The number of amides is 1. The summed E-state index contributed by atoms with van der Waals surface area (Å²) in [4.78, 5) is 29.3. The van der Waals surface area contributed by atoms with E-state index in [1.807, 2.05) is 6.07 Å². The van der Waals surface area contributed by atoms with Gasteiger partial charge in [0.1, 0.15) is 0 Å². The summed E-state index contributed by atoms with van der Waals surface area (Å²) in [5, 5.41) is 9.02.